The van der Waals surface area contributed by atoms with Crippen LogP contribution >= 0.6 is 0 Å². The molecule has 3 aromatic rings. The highest BCUT2D eigenvalue weighted by atomic mass is 14.7. The van der Waals surface area contributed by atoms with E-state index in [4.69, 9.17) is 0 Å². The van der Waals surface area contributed by atoms with Gasteiger partial charge >= 0.3 is 0 Å². The number of nitrogens with one attached hydrogen (secondary N) is 1. The van der Waals surface area contributed by atoms with Gasteiger partial charge in [-0.1, -0.05) is 38.1 Å². The molecule has 2 heterocycles. The van der Waals surface area contributed by atoms with E-state index in [1.54, 1.807) is 0 Å². The van der Waals surface area contributed by atoms with Crippen LogP contribution in [0.4, 0.5) is 0 Å². The molecular weight excluding hydrogens is 232 g/mol. The van der Waals surface area contributed by atoms with Gasteiger partial charge in [-0.25, -0.2) is 0 Å². The third kappa shape index (κ3) is 2.26. The molecule has 0 amide bonds. The van der Waals surface area contributed by atoms with Crippen molar-refractivity contribution in [2.24, 2.45) is 0 Å². The third-order valence-corrected chi connectivity index (χ3v) is 3.53. The van der Waals surface area contributed by atoms with Crippen LogP contribution in [0.3, 0.4) is 0 Å². The van der Waals surface area contributed by atoms with Crippen LogP contribution in [0.2, 0.25) is 0 Å². The van der Waals surface area contributed by atoms with Gasteiger partial charge in [0.05, 0.1) is 0 Å². The van der Waals surface area contributed by atoms with Crippen LogP contribution in [0.5, 0.6) is 0 Å². The summed E-state index contributed by atoms with van der Waals surface area (Å²) in [5.74, 6) is 0.499. The molecule has 0 spiro atoms. The third-order valence-electron chi connectivity index (χ3n) is 3.53. The number of fused-ring (bicyclic) bond motifs is 1. The number of hydrogen-bond donors (Lipinski definition) is 1. The van der Waals surface area contributed by atoms with Crippen LogP contribution in [-0.4, -0.2) is 9.97 Å². The molecule has 2 aromatic heterocycles. The van der Waals surface area contributed by atoms with E-state index >= 15 is 0 Å². The van der Waals surface area contributed by atoms with Crippen LogP contribution in [0.25, 0.3) is 10.9 Å². The molecule has 0 unspecified atom stereocenters. The van der Waals surface area contributed by atoms with E-state index < -0.39 is 0 Å². The molecular formula is C17H18N2. The van der Waals surface area contributed by atoms with E-state index in [-0.39, 0.29) is 0 Å². The molecule has 2 nitrogen and oxygen atoms in total. The number of nitrogens with zero attached hydrogens (tertiary/aromatic N) is 1. The van der Waals surface area contributed by atoms with E-state index in [9.17, 15) is 0 Å². The maximum Gasteiger partial charge on any atom is 0.0459 e. The SMILES string of the molecule is CC(C)c1[nH]c2ccccc2c1Cc1cccnc1. The molecule has 0 atom stereocenters. The van der Waals surface area contributed by atoms with Crippen molar-refractivity contribution in [2.45, 2.75) is 26.2 Å². The molecule has 0 aliphatic carbocycles. The Hall–Kier alpha value is -2.09. The fourth-order valence-corrected chi connectivity index (χ4v) is 2.61. The van der Waals surface area contributed by atoms with Gasteiger partial charge in [-0.15, -0.1) is 0 Å². The summed E-state index contributed by atoms with van der Waals surface area (Å²) in [6.07, 6.45) is 4.71. The zero-order valence-corrected chi connectivity index (χ0v) is 11.4. The predicted molar refractivity (Wildman–Crippen MR) is 79.4 cm³/mol. The fraction of sp³-hybridized carbons (Fsp3) is 0.235. The average Bonchev–Trinajstić information content (AvgIpc) is 2.79. The van der Waals surface area contributed by atoms with Crippen molar-refractivity contribution in [1.82, 2.24) is 9.97 Å². The number of pyridine rings is 1. The molecule has 0 saturated heterocycles. The van der Waals surface area contributed by atoms with Gasteiger partial charge < -0.3 is 4.98 Å². The molecule has 0 saturated carbocycles. The van der Waals surface area contributed by atoms with E-state index in [1.807, 2.05) is 18.5 Å². The monoisotopic (exact) mass is 250 g/mol. The molecule has 96 valence electrons. The molecule has 19 heavy (non-hydrogen) atoms. The summed E-state index contributed by atoms with van der Waals surface area (Å²) in [4.78, 5) is 7.77. The minimum Gasteiger partial charge on any atom is -0.358 e. The van der Waals surface area contributed by atoms with Crippen molar-refractivity contribution in [3.63, 3.8) is 0 Å². The smallest absolute Gasteiger partial charge is 0.0459 e. The molecule has 0 fully saturated rings. The highest BCUT2D eigenvalue weighted by molar-refractivity contribution is 5.85. The van der Waals surface area contributed by atoms with Crippen LogP contribution in [0.1, 0.15) is 36.6 Å². The van der Waals surface area contributed by atoms with Crippen LogP contribution in [0.15, 0.2) is 48.8 Å². The van der Waals surface area contributed by atoms with Gasteiger partial charge in [-0.2, -0.15) is 0 Å². The van der Waals surface area contributed by atoms with Gasteiger partial charge in [0.15, 0.2) is 0 Å². The van der Waals surface area contributed by atoms with Crippen molar-refractivity contribution < 1.29 is 0 Å². The largest absolute Gasteiger partial charge is 0.358 e. The van der Waals surface area contributed by atoms with Crippen molar-refractivity contribution in [3.05, 3.63) is 65.6 Å². The lowest BCUT2D eigenvalue weighted by atomic mass is 9.98. The molecule has 0 bridgehead atoms. The summed E-state index contributed by atoms with van der Waals surface area (Å²) in [7, 11) is 0. The van der Waals surface area contributed by atoms with Crippen molar-refractivity contribution in [3.8, 4) is 0 Å². The topological polar surface area (TPSA) is 28.7 Å². The number of aromatic nitrogens is 2. The van der Waals surface area contributed by atoms with Crippen molar-refractivity contribution >= 4 is 10.9 Å². The molecule has 1 aromatic carbocycles. The minimum absolute atomic E-state index is 0.499. The standard InChI is InChI=1S/C17H18N2/c1-12(2)17-15(10-13-6-5-9-18-11-13)14-7-3-4-8-16(14)19-17/h3-9,11-12,19H,10H2,1-2H3. The second-order valence-corrected chi connectivity index (χ2v) is 5.26. The van der Waals surface area contributed by atoms with Gasteiger partial charge in [0, 0.05) is 35.4 Å². The number of H-pyrrole nitrogens is 1. The van der Waals surface area contributed by atoms with Crippen molar-refractivity contribution in [2.75, 3.05) is 0 Å². The summed E-state index contributed by atoms with van der Waals surface area (Å²) >= 11 is 0. The molecule has 0 aliphatic heterocycles. The number of para-hydroxylation sites is 1. The van der Waals surface area contributed by atoms with Gasteiger partial charge in [-0.05, 0) is 29.2 Å². The number of aromatic amines is 1. The first-order valence-electron chi connectivity index (χ1n) is 6.74. The molecule has 2 heteroatoms. The quantitative estimate of drug-likeness (QED) is 0.738. The fourth-order valence-electron chi connectivity index (χ4n) is 2.61. The lowest BCUT2D eigenvalue weighted by Gasteiger charge is -2.07. The summed E-state index contributed by atoms with van der Waals surface area (Å²) in [5, 5.41) is 1.33. The number of benzene rings is 1. The van der Waals surface area contributed by atoms with Crippen LogP contribution < -0.4 is 0 Å². The Morgan fingerprint density at radius 3 is 2.68 bits per heavy atom. The normalized spacial score (nSPS) is 11.3. The van der Waals surface area contributed by atoms with Gasteiger partial charge in [0.25, 0.3) is 0 Å². The maximum absolute atomic E-state index is 4.21. The lowest BCUT2D eigenvalue weighted by Crippen LogP contribution is -1.96. The summed E-state index contributed by atoms with van der Waals surface area (Å²) in [6.45, 7) is 4.47. The highest BCUT2D eigenvalue weighted by Gasteiger charge is 2.14. The van der Waals surface area contributed by atoms with E-state index in [0.29, 0.717) is 5.92 Å². The zero-order valence-electron chi connectivity index (χ0n) is 11.4. The Bertz CT molecular complexity index is 681. The molecule has 0 radical (unpaired) electrons. The summed E-state index contributed by atoms with van der Waals surface area (Å²) < 4.78 is 0. The first-order chi connectivity index (χ1) is 9.25. The summed E-state index contributed by atoms with van der Waals surface area (Å²) in [6, 6.07) is 12.7. The van der Waals surface area contributed by atoms with Gasteiger partial charge in [0.2, 0.25) is 0 Å². The Morgan fingerprint density at radius 2 is 1.95 bits per heavy atom. The Balaban J connectivity index is 2.12. The maximum atomic E-state index is 4.21. The van der Waals surface area contributed by atoms with E-state index in [0.717, 1.165) is 6.42 Å². The zero-order chi connectivity index (χ0) is 13.2. The minimum atomic E-state index is 0.499. The van der Waals surface area contributed by atoms with Crippen molar-refractivity contribution in [1.29, 1.82) is 0 Å². The number of hydrogen-bond acceptors (Lipinski definition) is 1. The summed E-state index contributed by atoms with van der Waals surface area (Å²) in [5.41, 5.74) is 5.22. The van der Waals surface area contributed by atoms with Crippen LogP contribution in [0, 0.1) is 0 Å². The van der Waals surface area contributed by atoms with E-state index in [1.165, 1.54) is 27.7 Å². The second-order valence-electron chi connectivity index (χ2n) is 5.26. The molecule has 0 aliphatic rings. The number of rotatable bonds is 3. The van der Waals surface area contributed by atoms with Gasteiger partial charge in [-0.3, -0.25) is 4.98 Å². The highest BCUT2D eigenvalue weighted by Crippen LogP contribution is 2.29. The van der Waals surface area contributed by atoms with Crippen LogP contribution in [-0.2, 0) is 6.42 Å². The first kappa shape index (κ1) is 12.0. The van der Waals surface area contributed by atoms with E-state index in [2.05, 4.69) is 54.1 Å². The van der Waals surface area contributed by atoms with Gasteiger partial charge in [0.1, 0.15) is 0 Å². The molecule has 1 N–H and O–H groups in total. The Labute approximate surface area is 113 Å². The second kappa shape index (κ2) is 4.88. The predicted octanol–water partition coefficient (Wildman–Crippen LogP) is 4.28. The Morgan fingerprint density at radius 1 is 1.11 bits per heavy atom. The average molecular weight is 250 g/mol. The lowest BCUT2D eigenvalue weighted by molar-refractivity contribution is 0.821. The molecule has 3 rings (SSSR count). The first-order valence-corrected chi connectivity index (χ1v) is 6.74. The Kier molecular flexibility index (Phi) is 3.08.